The van der Waals surface area contributed by atoms with E-state index in [4.69, 9.17) is 9.47 Å². The van der Waals surface area contributed by atoms with Crippen LogP contribution in [0.4, 0.5) is 5.69 Å². The number of methoxy groups -OCH3 is 1. The van der Waals surface area contributed by atoms with E-state index in [1.807, 2.05) is 24.3 Å². The molecule has 0 saturated heterocycles. The van der Waals surface area contributed by atoms with Crippen molar-refractivity contribution in [1.29, 1.82) is 0 Å². The molecule has 0 aliphatic carbocycles. The van der Waals surface area contributed by atoms with Crippen LogP contribution in [0.1, 0.15) is 43.4 Å². The Hall–Kier alpha value is -2.01. The van der Waals surface area contributed by atoms with Crippen molar-refractivity contribution in [2.75, 3.05) is 12.4 Å². The fraction of sp³-hybridized carbons (Fsp3) is 0.389. The highest BCUT2D eigenvalue weighted by Gasteiger charge is 2.46. The third-order valence-corrected chi connectivity index (χ3v) is 5.31. The molecule has 0 radical (unpaired) electrons. The van der Waals surface area contributed by atoms with Gasteiger partial charge >= 0.3 is 5.97 Å². The number of carbonyl (C=O) groups excluding carboxylic acids is 1. The number of nitrogens with one attached hydrogen (secondary N) is 1. The van der Waals surface area contributed by atoms with Crippen LogP contribution < -0.4 is 10.1 Å². The van der Waals surface area contributed by atoms with Crippen molar-refractivity contribution >= 4 is 23.0 Å². The highest BCUT2D eigenvalue weighted by atomic mass is 32.1. The highest BCUT2D eigenvalue weighted by Crippen LogP contribution is 2.54. The van der Waals surface area contributed by atoms with E-state index < -0.39 is 0 Å². The summed E-state index contributed by atoms with van der Waals surface area (Å²) in [5.74, 6) is 0.483. The van der Waals surface area contributed by atoms with Crippen LogP contribution in [0.3, 0.4) is 0 Å². The number of esters is 1. The van der Waals surface area contributed by atoms with Crippen molar-refractivity contribution in [3.63, 3.8) is 0 Å². The third-order valence-electron chi connectivity index (χ3n) is 4.37. The topological polar surface area (TPSA) is 47.6 Å². The molecule has 0 spiro atoms. The smallest absolute Gasteiger partial charge is 0.303 e. The van der Waals surface area contributed by atoms with E-state index in [0.29, 0.717) is 0 Å². The molecule has 1 aromatic heterocycles. The van der Waals surface area contributed by atoms with Crippen LogP contribution >= 0.6 is 11.3 Å². The van der Waals surface area contributed by atoms with Gasteiger partial charge in [0.25, 0.3) is 0 Å². The molecule has 23 heavy (non-hydrogen) atoms. The van der Waals surface area contributed by atoms with E-state index in [0.717, 1.165) is 17.0 Å². The van der Waals surface area contributed by atoms with Crippen molar-refractivity contribution in [3.8, 4) is 5.75 Å². The molecule has 2 atom stereocenters. The molecule has 1 N–H and O–H groups in total. The maximum Gasteiger partial charge on any atom is 0.303 e. The summed E-state index contributed by atoms with van der Waals surface area (Å²) in [7, 11) is 1.64. The zero-order valence-electron chi connectivity index (χ0n) is 13.8. The van der Waals surface area contributed by atoms with Gasteiger partial charge in [0.2, 0.25) is 0 Å². The zero-order chi connectivity index (χ0) is 16.6. The van der Waals surface area contributed by atoms with Crippen molar-refractivity contribution < 1.29 is 14.3 Å². The first-order chi connectivity index (χ1) is 10.9. The second-order valence-electron chi connectivity index (χ2n) is 6.36. The molecule has 5 heteroatoms. The molecule has 0 saturated carbocycles. The monoisotopic (exact) mass is 331 g/mol. The van der Waals surface area contributed by atoms with Crippen LogP contribution in [0.5, 0.6) is 5.75 Å². The van der Waals surface area contributed by atoms with Gasteiger partial charge in [-0.1, -0.05) is 19.9 Å². The Labute approximate surface area is 140 Å². The molecule has 1 aliphatic heterocycles. The van der Waals surface area contributed by atoms with Gasteiger partial charge in [-0.15, -0.1) is 11.3 Å². The Kier molecular flexibility index (Phi) is 4.06. The molecule has 4 nitrogen and oxygen atoms in total. The highest BCUT2D eigenvalue weighted by molar-refractivity contribution is 7.10. The molecule has 1 aliphatic rings. The summed E-state index contributed by atoms with van der Waals surface area (Å²) in [6.07, 6.45) is -0.335. The van der Waals surface area contributed by atoms with Crippen LogP contribution in [-0.4, -0.2) is 13.1 Å². The molecular formula is C18H21NO3S. The van der Waals surface area contributed by atoms with Crippen LogP contribution in [0, 0.1) is 5.41 Å². The summed E-state index contributed by atoms with van der Waals surface area (Å²) in [6.45, 7) is 5.71. The third kappa shape index (κ3) is 2.81. The fourth-order valence-corrected chi connectivity index (χ4v) is 4.15. The van der Waals surface area contributed by atoms with Gasteiger partial charge in [-0.05, 0) is 29.6 Å². The summed E-state index contributed by atoms with van der Waals surface area (Å²) in [5, 5.41) is 5.67. The van der Waals surface area contributed by atoms with E-state index in [-0.39, 0.29) is 23.5 Å². The minimum atomic E-state index is -0.335. The van der Waals surface area contributed by atoms with E-state index in [9.17, 15) is 4.79 Å². The molecule has 1 aromatic carbocycles. The lowest BCUT2D eigenvalue weighted by atomic mass is 9.72. The molecule has 2 heterocycles. The minimum absolute atomic E-state index is 0.0766. The Balaban J connectivity index is 2.11. The van der Waals surface area contributed by atoms with Crippen molar-refractivity contribution in [3.05, 3.63) is 46.2 Å². The average Bonchev–Trinajstić information content (AvgIpc) is 3.03. The lowest BCUT2D eigenvalue weighted by Gasteiger charge is -2.45. The maximum absolute atomic E-state index is 11.7. The number of rotatable bonds is 3. The number of anilines is 1. The Morgan fingerprint density at radius 3 is 2.70 bits per heavy atom. The normalized spacial score (nSPS) is 21.9. The number of benzene rings is 1. The fourth-order valence-electron chi connectivity index (χ4n) is 3.18. The molecule has 2 aromatic rings. The predicted octanol–water partition coefficient (Wildman–Crippen LogP) is 4.55. The first-order valence-electron chi connectivity index (χ1n) is 7.58. The van der Waals surface area contributed by atoms with E-state index in [1.54, 1.807) is 18.4 Å². The van der Waals surface area contributed by atoms with Gasteiger partial charge in [0.1, 0.15) is 11.9 Å². The molecule has 122 valence electrons. The van der Waals surface area contributed by atoms with Crippen LogP contribution in [0.25, 0.3) is 0 Å². The predicted molar refractivity (Wildman–Crippen MR) is 92.0 cm³/mol. The largest absolute Gasteiger partial charge is 0.497 e. The number of ether oxygens (including phenoxy) is 2. The van der Waals surface area contributed by atoms with E-state index >= 15 is 0 Å². The number of carbonyl (C=O) groups is 1. The summed E-state index contributed by atoms with van der Waals surface area (Å²) in [6, 6.07) is 10.1. The summed E-state index contributed by atoms with van der Waals surface area (Å²) >= 11 is 1.71. The first-order valence-corrected chi connectivity index (χ1v) is 8.46. The van der Waals surface area contributed by atoms with Gasteiger partial charge in [0.05, 0.1) is 13.2 Å². The summed E-state index contributed by atoms with van der Waals surface area (Å²) in [5.41, 5.74) is 1.64. The van der Waals surface area contributed by atoms with Crippen molar-refractivity contribution in [2.45, 2.75) is 32.9 Å². The molecule has 0 bridgehead atoms. The maximum atomic E-state index is 11.7. The zero-order valence-corrected chi connectivity index (χ0v) is 14.6. The van der Waals surface area contributed by atoms with Gasteiger partial charge in [-0.2, -0.15) is 0 Å². The Morgan fingerprint density at radius 2 is 2.09 bits per heavy atom. The number of thiophene rings is 1. The molecule has 0 unspecified atom stereocenters. The summed E-state index contributed by atoms with van der Waals surface area (Å²) in [4.78, 5) is 12.9. The van der Waals surface area contributed by atoms with E-state index in [1.165, 1.54) is 11.8 Å². The second-order valence-corrected chi connectivity index (χ2v) is 7.34. The van der Waals surface area contributed by atoms with Gasteiger partial charge in [-0.25, -0.2) is 0 Å². The van der Waals surface area contributed by atoms with Gasteiger partial charge in [0, 0.05) is 28.5 Å². The average molecular weight is 331 g/mol. The lowest BCUT2D eigenvalue weighted by molar-refractivity contribution is -0.154. The summed E-state index contributed by atoms with van der Waals surface area (Å²) < 4.78 is 11.1. The van der Waals surface area contributed by atoms with Crippen LogP contribution in [0.2, 0.25) is 0 Å². The Bertz CT molecular complexity index is 709. The van der Waals surface area contributed by atoms with Crippen LogP contribution in [-0.2, 0) is 9.53 Å². The van der Waals surface area contributed by atoms with Crippen LogP contribution in [0.15, 0.2) is 35.7 Å². The van der Waals surface area contributed by atoms with Gasteiger partial charge in [-0.3, -0.25) is 4.79 Å². The Morgan fingerprint density at radius 1 is 1.30 bits per heavy atom. The van der Waals surface area contributed by atoms with E-state index in [2.05, 4.69) is 30.6 Å². The standard InChI is InChI=1S/C18H21NO3S/c1-11(20)22-17-13-10-12(21-4)7-8-14(13)19-16(18(17,2)3)15-6-5-9-23-15/h5-10,16-17,19H,1-4H3/t16-,17-/m0/s1. The van der Waals surface area contributed by atoms with Crippen molar-refractivity contribution in [2.24, 2.45) is 5.41 Å². The van der Waals surface area contributed by atoms with Crippen molar-refractivity contribution in [1.82, 2.24) is 0 Å². The van der Waals surface area contributed by atoms with Gasteiger partial charge < -0.3 is 14.8 Å². The quantitative estimate of drug-likeness (QED) is 0.838. The van der Waals surface area contributed by atoms with Gasteiger partial charge in [0.15, 0.2) is 0 Å². The molecule has 0 amide bonds. The molecular weight excluding hydrogens is 310 g/mol. The lowest BCUT2D eigenvalue weighted by Crippen LogP contribution is -2.40. The minimum Gasteiger partial charge on any atom is -0.497 e. The molecule has 0 fully saturated rings. The number of fused-ring (bicyclic) bond motifs is 1. The first kappa shape index (κ1) is 15.9. The molecule has 3 rings (SSSR count). The number of hydrogen-bond donors (Lipinski definition) is 1. The number of hydrogen-bond acceptors (Lipinski definition) is 5. The SMILES string of the molecule is COc1ccc2c(c1)[C@H](OC(C)=O)C(C)(C)[C@H](c1cccs1)N2. The second kappa shape index (κ2) is 5.89.